The Hall–Kier alpha value is -4.28. The largest absolute Gasteiger partial charge is 0.489 e. The van der Waals surface area contributed by atoms with Gasteiger partial charge in [-0.2, -0.15) is 0 Å². The van der Waals surface area contributed by atoms with Crippen LogP contribution in [0.15, 0.2) is 113 Å². The molecule has 3 aromatic rings. The van der Waals surface area contributed by atoms with Crippen molar-refractivity contribution in [1.82, 2.24) is 10.6 Å². The second-order valence-corrected chi connectivity index (χ2v) is 11.5. The minimum absolute atomic E-state index is 0.0808. The van der Waals surface area contributed by atoms with Crippen molar-refractivity contribution in [2.24, 2.45) is 0 Å². The Morgan fingerprint density at radius 3 is 2.72 bits per heavy atom. The lowest BCUT2D eigenvalue weighted by Crippen LogP contribution is -2.21. The van der Waals surface area contributed by atoms with Gasteiger partial charge in [-0.15, -0.1) is 0 Å². The minimum atomic E-state index is -3.00. The Bertz CT molecular complexity index is 1560. The fourth-order valence-electron chi connectivity index (χ4n) is 4.04. The zero-order chi connectivity index (χ0) is 27.2. The molecule has 10 heteroatoms. The van der Waals surface area contributed by atoms with Gasteiger partial charge in [-0.25, -0.2) is 12.8 Å². The predicted octanol–water partition coefficient (Wildman–Crippen LogP) is 4.79. The summed E-state index contributed by atoms with van der Waals surface area (Å²) < 4.78 is 47.7. The van der Waals surface area contributed by atoms with E-state index < -0.39 is 9.84 Å². The van der Waals surface area contributed by atoms with Crippen LogP contribution in [0.4, 0.5) is 16.0 Å². The number of hydrogen-bond donors (Lipinski definition) is 3. The van der Waals surface area contributed by atoms with Crippen LogP contribution in [-0.2, 0) is 23.0 Å². The third-order valence-corrected chi connectivity index (χ3v) is 6.97. The summed E-state index contributed by atoms with van der Waals surface area (Å²) in [5.41, 5.74) is 4.52. The van der Waals surface area contributed by atoms with Gasteiger partial charge in [-0.1, -0.05) is 12.1 Å². The van der Waals surface area contributed by atoms with Crippen molar-refractivity contribution < 1.29 is 22.0 Å². The van der Waals surface area contributed by atoms with E-state index in [1.807, 2.05) is 78.2 Å². The van der Waals surface area contributed by atoms with Crippen LogP contribution in [0.25, 0.3) is 0 Å². The number of anilines is 2. The van der Waals surface area contributed by atoms with Crippen LogP contribution in [0, 0.1) is 5.82 Å². The molecule has 2 aromatic carbocycles. The van der Waals surface area contributed by atoms with E-state index in [0.29, 0.717) is 30.5 Å². The number of fused-ring (bicyclic) bond motifs is 1. The summed E-state index contributed by atoms with van der Waals surface area (Å²) in [6, 6.07) is 17.7. The van der Waals surface area contributed by atoms with E-state index in [1.54, 1.807) is 6.07 Å². The first-order valence-electron chi connectivity index (χ1n) is 12.4. The highest BCUT2D eigenvalue weighted by molar-refractivity contribution is 7.90. The number of hydrogen-bond acceptors (Lipinski definition) is 8. The second kappa shape index (κ2) is 11.6. The Morgan fingerprint density at radius 2 is 1.92 bits per heavy atom. The number of rotatable bonds is 11. The van der Waals surface area contributed by atoms with Gasteiger partial charge in [0.25, 0.3) is 0 Å². The third kappa shape index (κ3) is 7.18. The molecule has 0 unspecified atom stereocenters. The average molecular weight is 549 g/mol. The summed E-state index contributed by atoms with van der Waals surface area (Å²) in [6.07, 6.45) is 10.9. The fraction of sp³-hybridized carbons (Fsp3) is 0.172. The van der Waals surface area contributed by atoms with Crippen molar-refractivity contribution in [2.45, 2.75) is 13.2 Å². The number of dihydropyridines is 1. The van der Waals surface area contributed by atoms with E-state index in [4.69, 9.17) is 9.15 Å². The highest BCUT2D eigenvalue weighted by Gasteiger charge is 2.20. The Kier molecular flexibility index (Phi) is 7.85. The molecule has 3 N–H and O–H groups in total. The van der Waals surface area contributed by atoms with Crippen molar-refractivity contribution in [2.75, 3.05) is 28.8 Å². The first-order chi connectivity index (χ1) is 18.8. The molecule has 2 aliphatic heterocycles. The summed E-state index contributed by atoms with van der Waals surface area (Å²) >= 11 is 0. The van der Waals surface area contributed by atoms with Crippen LogP contribution in [0.1, 0.15) is 11.3 Å². The minimum Gasteiger partial charge on any atom is -0.489 e. The van der Waals surface area contributed by atoms with Crippen LogP contribution in [0.2, 0.25) is 0 Å². The van der Waals surface area contributed by atoms with Gasteiger partial charge in [0.15, 0.2) is 0 Å². The molecule has 0 atom stereocenters. The van der Waals surface area contributed by atoms with Gasteiger partial charge < -0.3 is 25.1 Å². The molecule has 0 radical (unpaired) electrons. The highest BCUT2D eigenvalue weighted by Crippen LogP contribution is 2.31. The van der Waals surface area contributed by atoms with E-state index in [9.17, 15) is 12.8 Å². The maximum absolute atomic E-state index is 13.4. The fourth-order valence-corrected chi connectivity index (χ4v) is 4.56. The number of sulfone groups is 1. The Balaban J connectivity index is 1.20. The molecule has 0 aliphatic carbocycles. The number of furan rings is 1. The second-order valence-electron chi connectivity index (χ2n) is 9.20. The summed E-state index contributed by atoms with van der Waals surface area (Å²) in [5.74, 6) is 1.85. The Labute approximate surface area is 227 Å². The topological polar surface area (TPSA) is 95.8 Å². The van der Waals surface area contributed by atoms with Crippen molar-refractivity contribution in [3.8, 4) is 5.75 Å². The summed E-state index contributed by atoms with van der Waals surface area (Å²) in [6.45, 7) is 1.09. The quantitative estimate of drug-likeness (QED) is 0.295. The van der Waals surface area contributed by atoms with Crippen LogP contribution in [0.3, 0.4) is 0 Å². The summed E-state index contributed by atoms with van der Waals surface area (Å²) in [7, 11) is -3.00. The molecule has 1 aromatic heterocycles. The maximum atomic E-state index is 13.4. The van der Waals surface area contributed by atoms with Crippen LogP contribution < -0.4 is 25.6 Å². The lowest BCUT2D eigenvalue weighted by Gasteiger charge is -2.26. The van der Waals surface area contributed by atoms with Crippen molar-refractivity contribution in [3.63, 3.8) is 0 Å². The molecule has 5 rings (SSSR count). The zero-order valence-corrected chi connectivity index (χ0v) is 22.2. The number of ether oxygens (including phenoxy) is 1. The number of nitrogens with zero attached hydrogens (tertiary/aromatic N) is 1. The number of nitrogens with one attached hydrogen (secondary N) is 3. The molecule has 0 fully saturated rings. The zero-order valence-electron chi connectivity index (χ0n) is 21.4. The van der Waals surface area contributed by atoms with Crippen molar-refractivity contribution >= 4 is 21.4 Å². The lowest BCUT2D eigenvalue weighted by atomic mass is 10.0. The van der Waals surface area contributed by atoms with Gasteiger partial charge in [-0.05, 0) is 54.1 Å². The number of benzene rings is 2. The van der Waals surface area contributed by atoms with Crippen molar-refractivity contribution in [1.29, 1.82) is 0 Å². The molecular weight excluding hydrogens is 519 g/mol. The van der Waals surface area contributed by atoms with E-state index in [-0.39, 0.29) is 18.2 Å². The Morgan fingerprint density at radius 1 is 1.08 bits per heavy atom. The summed E-state index contributed by atoms with van der Waals surface area (Å²) in [5, 5.41) is 9.72. The third-order valence-electron chi connectivity index (χ3n) is 6.03. The maximum Gasteiger partial charge on any atom is 0.203 e. The molecule has 0 bridgehead atoms. The first kappa shape index (κ1) is 26.3. The SMILES string of the molecule is CS(=O)(=O)CCNCc1ccc(N2C=CC3=CNC=C(Nc4ccc(OCc5cccc(F)c5)cc4)C3=C2)o1. The van der Waals surface area contributed by atoms with Gasteiger partial charge in [0.1, 0.15) is 33.8 Å². The molecule has 0 spiro atoms. The van der Waals surface area contributed by atoms with Gasteiger partial charge in [0.05, 0.1) is 18.0 Å². The lowest BCUT2D eigenvalue weighted by molar-refractivity contribution is 0.305. The summed E-state index contributed by atoms with van der Waals surface area (Å²) in [4.78, 5) is 1.90. The van der Waals surface area contributed by atoms with E-state index in [0.717, 1.165) is 28.1 Å². The molecule has 3 heterocycles. The predicted molar refractivity (Wildman–Crippen MR) is 150 cm³/mol. The van der Waals surface area contributed by atoms with Gasteiger partial charge in [-0.3, -0.25) is 4.90 Å². The molecule has 0 saturated carbocycles. The standard InChI is InChI=1S/C29H29FN4O4S/c1-39(35,36)14-12-31-17-26-9-10-29(38-26)34-13-11-22-16-32-18-28(27(22)19-34)33-24-5-7-25(8-6-24)37-20-21-3-2-4-23(30)15-21/h2-11,13,15-16,18-19,31-33H,12,14,17,20H2,1H3. The molecule has 0 saturated heterocycles. The molecule has 2 aliphatic rings. The number of halogens is 1. The smallest absolute Gasteiger partial charge is 0.203 e. The molecule has 39 heavy (non-hydrogen) atoms. The van der Waals surface area contributed by atoms with E-state index in [1.165, 1.54) is 18.4 Å². The normalized spacial score (nSPS) is 14.6. The van der Waals surface area contributed by atoms with E-state index in [2.05, 4.69) is 16.0 Å². The van der Waals surface area contributed by atoms with Crippen LogP contribution in [0.5, 0.6) is 5.75 Å². The molecular formula is C29H29FN4O4S. The van der Waals surface area contributed by atoms with Crippen molar-refractivity contribution in [3.05, 3.63) is 126 Å². The first-order valence-corrected chi connectivity index (χ1v) is 14.5. The number of allylic oxidation sites excluding steroid dienone is 2. The molecule has 8 nitrogen and oxygen atoms in total. The van der Waals surface area contributed by atoms with Crippen LogP contribution >= 0.6 is 0 Å². The van der Waals surface area contributed by atoms with Gasteiger partial charge in [0, 0.05) is 60.5 Å². The molecule has 202 valence electrons. The van der Waals surface area contributed by atoms with Crippen LogP contribution in [-0.4, -0.2) is 27.0 Å². The van der Waals surface area contributed by atoms with Gasteiger partial charge in [0.2, 0.25) is 5.88 Å². The molecule has 0 amide bonds. The average Bonchev–Trinajstić information content (AvgIpc) is 3.39. The van der Waals surface area contributed by atoms with Gasteiger partial charge >= 0.3 is 0 Å². The van der Waals surface area contributed by atoms with E-state index >= 15 is 0 Å². The highest BCUT2D eigenvalue weighted by atomic mass is 32.2. The monoisotopic (exact) mass is 548 g/mol.